The summed E-state index contributed by atoms with van der Waals surface area (Å²) >= 11 is 0. The smallest absolute Gasteiger partial charge is 0.221 e. The van der Waals surface area contributed by atoms with Crippen LogP contribution in [0.3, 0.4) is 0 Å². The third-order valence-corrected chi connectivity index (χ3v) is 2.36. The molecule has 0 radical (unpaired) electrons. The topological polar surface area (TPSA) is 41.1 Å². The molecule has 19 heavy (non-hydrogen) atoms. The van der Waals surface area contributed by atoms with Crippen LogP contribution < -0.4 is 10.6 Å². The molecule has 0 aliphatic rings. The Morgan fingerprint density at radius 1 is 1.21 bits per heavy atom. The number of benzene rings is 1. The molecule has 1 amide bonds. The molecule has 0 aliphatic carbocycles. The van der Waals surface area contributed by atoms with Crippen molar-refractivity contribution in [2.45, 2.75) is 39.3 Å². The monoisotopic (exact) mass is 270 g/mol. The summed E-state index contributed by atoms with van der Waals surface area (Å²) in [6, 6.07) is 3.76. The fraction of sp³-hybridized carbons (Fsp3) is 0.500. The second-order valence-electron chi connectivity index (χ2n) is 5.47. The number of hydrogen-bond donors (Lipinski definition) is 2. The number of amides is 1. The molecule has 1 aromatic carbocycles. The van der Waals surface area contributed by atoms with Gasteiger partial charge in [-0.05, 0) is 38.5 Å². The van der Waals surface area contributed by atoms with Crippen LogP contribution in [0.1, 0.15) is 32.8 Å². The molecule has 2 N–H and O–H groups in total. The standard InChI is InChI=1S/C14H20F2N2O/c1-14(2,3)18-13(19)6-7-17-9-10-4-5-11(15)12(16)8-10/h4-5,8,17H,6-7,9H2,1-3H3,(H,18,19). The second kappa shape index (κ2) is 6.61. The van der Waals surface area contributed by atoms with Gasteiger partial charge in [-0.25, -0.2) is 8.78 Å². The van der Waals surface area contributed by atoms with Crippen molar-refractivity contribution in [3.8, 4) is 0 Å². The van der Waals surface area contributed by atoms with Crippen LogP contribution in [-0.2, 0) is 11.3 Å². The molecular formula is C14H20F2N2O. The highest BCUT2D eigenvalue weighted by Crippen LogP contribution is 2.08. The fourth-order valence-electron chi connectivity index (χ4n) is 1.56. The van der Waals surface area contributed by atoms with Crippen molar-refractivity contribution in [2.75, 3.05) is 6.54 Å². The van der Waals surface area contributed by atoms with E-state index >= 15 is 0 Å². The van der Waals surface area contributed by atoms with Crippen LogP contribution in [0.15, 0.2) is 18.2 Å². The fourth-order valence-corrected chi connectivity index (χ4v) is 1.56. The van der Waals surface area contributed by atoms with Gasteiger partial charge >= 0.3 is 0 Å². The Labute approximate surface area is 112 Å². The van der Waals surface area contributed by atoms with E-state index < -0.39 is 11.6 Å². The summed E-state index contributed by atoms with van der Waals surface area (Å²) in [6.07, 6.45) is 0.348. The lowest BCUT2D eigenvalue weighted by molar-refractivity contribution is -0.122. The number of carbonyl (C=O) groups excluding carboxylic acids is 1. The molecule has 0 atom stereocenters. The average molecular weight is 270 g/mol. The molecule has 5 heteroatoms. The predicted molar refractivity (Wildman–Crippen MR) is 70.6 cm³/mol. The quantitative estimate of drug-likeness (QED) is 0.806. The number of nitrogens with one attached hydrogen (secondary N) is 2. The van der Waals surface area contributed by atoms with Crippen LogP contribution in [0.5, 0.6) is 0 Å². The Bertz CT molecular complexity index is 442. The lowest BCUT2D eigenvalue weighted by atomic mass is 10.1. The van der Waals surface area contributed by atoms with Gasteiger partial charge in [0.1, 0.15) is 0 Å². The Hall–Kier alpha value is -1.49. The van der Waals surface area contributed by atoms with Crippen molar-refractivity contribution in [1.82, 2.24) is 10.6 Å². The van der Waals surface area contributed by atoms with E-state index in [-0.39, 0.29) is 11.4 Å². The molecule has 0 saturated carbocycles. The lowest BCUT2D eigenvalue weighted by Crippen LogP contribution is -2.41. The van der Waals surface area contributed by atoms with E-state index in [4.69, 9.17) is 0 Å². The van der Waals surface area contributed by atoms with E-state index in [0.29, 0.717) is 25.1 Å². The largest absolute Gasteiger partial charge is 0.351 e. The van der Waals surface area contributed by atoms with Crippen LogP contribution in [0.2, 0.25) is 0 Å². The number of rotatable bonds is 5. The zero-order valence-electron chi connectivity index (χ0n) is 11.5. The van der Waals surface area contributed by atoms with Crippen LogP contribution in [0, 0.1) is 11.6 Å². The van der Waals surface area contributed by atoms with E-state index in [1.54, 1.807) is 0 Å². The first-order valence-corrected chi connectivity index (χ1v) is 6.23. The van der Waals surface area contributed by atoms with Crippen molar-refractivity contribution in [1.29, 1.82) is 0 Å². The molecule has 0 bridgehead atoms. The van der Waals surface area contributed by atoms with Crippen LogP contribution in [0.4, 0.5) is 8.78 Å². The van der Waals surface area contributed by atoms with Gasteiger partial charge < -0.3 is 10.6 Å². The van der Waals surface area contributed by atoms with Gasteiger partial charge in [0.15, 0.2) is 11.6 Å². The zero-order valence-corrected chi connectivity index (χ0v) is 11.5. The molecule has 1 rings (SSSR count). The molecule has 3 nitrogen and oxygen atoms in total. The molecule has 0 aromatic heterocycles. The van der Waals surface area contributed by atoms with Crippen molar-refractivity contribution >= 4 is 5.91 Å². The van der Waals surface area contributed by atoms with E-state index in [2.05, 4.69) is 10.6 Å². The van der Waals surface area contributed by atoms with Crippen molar-refractivity contribution in [3.05, 3.63) is 35.4 Å². The minimum absolute atomic E-state index is 0.0368. The maximum absolute atomic E-state index is 12.9. The minimum atomic E-state index is -0.857. The summed E-state index contributed by atoms with van der Waals surface area (Å²) in [5.41, 5.74) is 0.409. The van der Waals surface area contributed by atoms with Gasteiger partial charge in [-0.1, -0.05) is 6.07 Å². The van der Waals surface area contributed by atoms with Crippen LogP contribution in [0.25, 0.3) is 0 Å². The highest BCUT2D eigenvalue weighted by atomic mass is 19.2. The van der Waals surface area contributed by atoms with Gasteiger partial charge in [-0.3, -0.25) is 4.79 Å². The van der Waals surface area contributed by atoms with Crippen molar-refractivity contribution in [3.63, 3.8) is 0 Å². The molecule has 0 heterocycles. The Kier molecular flexibility index (Phi) is 5.42. The minimum Gasteiger partial charge on any atom is -0.351 e. The highest BCUT2D eigenvalue weighted by Gasteiger charge is 2.12. The summed E-state index contributed by atoms with van der Waals surface area (Å²) in [7, 11) is 0. The molecule has 0 spiro atoms. The van der Waals surface area contributed by atoms with Gasteiger partial charge in [-0.15, -0.1) is 0 Å². The van der Waals surface area contributed by atoms with E-state index in [9.17, 15) is 13.6 Å². The van der Waals surface area contributed by atoms with Gasteiger partial charge in [0, 0.05) is 25.0 Å². The highest BCUT2D eigenvalue weighted by molar-refractivity contribution is 5.76. The van der Waals surface area contributed by atoms with Gasteiger partial charge in [0.25, 0.3) is 0 Å². The summed E-state index contributed by atoms with van der Waals surface area (Å²) < 4.78 is 25.6. The third kappa shape index (κ3) is 6.29. The molecule has 106 valence electrons. The predicted octanol–water partition coefficient (Wildman–Crippen LogP) is 2.36. The van der Waals surface area contributed by atoms with Crippen LogP contribution in [-0.4, -0.2) is 18.0 Å². The van der Waals surface area contributed by atoms with Crippen molar-refractivity contribution in [2.24, 2.45) is 0 Å². The molecule has 0 aliphatic heterocycles. The lowest BCUT2D eigenvalue weighted by Gasteiger charge is -2.20. The zero-order chi connectivity index (χ0) is 14.5. The van der Waals surface area contributed by atoms with E-state index in [1.165, 1.54) is 6.07 Å². The Balaban J connectivity index is 2.27. The number of carbonyl (C=O) groups is 1. The van der Waals surface area contributed by atoms with Gasteiger partial charge in [-0.2, -0.15) is 0 Å². The molecular weight excluding hydrogens is 250 g/mol. The molecule has 0 saturated heterocycles. The van der Waals surface area contributed by atoms with E-state index in [1.807, 2.05) is 20.8 Å². The Morgan fingerprint density at radius 3 is 2.47 bits per heavy atom. The Morgan fingerprint density at radius 2 is 1.89 bits per heavy atom. The van der Waals surface area contributed by atoms with Crippen LogP contribution >= 0.6 is 0 Å². The van der Waals surface area contributed by atoms with Gasteiger partial charge in [0.05, 0.1) is 0 Å². The number of hydrogen-bond acceptors (Lipinski definition) is 2. The summed E-state index contributed by atoms with van der Waals surface area (Å²) in [4.78, 5) is 11.5. The molecule has 1 aromatic rings. The summed E-state index contributed by atoms with van der Waals surface area (Å²) in [5.74, 6) is -1.75. The summed E-state index contributed by atoms with van der Waals surface area (Å²) in [5, 5.41) is 5.86. The maximum Gasteiger partial charge on any atom is 0.221 e. The van der Waals surface area contributed by atoms with E-state index in [0.717, 1.165) is 12.1 Å². The average Bonchev–Trinajstić information content (AvgIpc) is 2.27. The number of halogens is 2. The first-order chi connectivity index (χ1) is 8.78. The molecule has 0 unspecified atom stereocenters. The second-order valence-corrected chi connectivity index (χ2v) is 5.47. The third-order valence-electron chi connectivity index (χ3n) is 2.36. The molecule has 0 fully saturated rings. The maximum atomic E-state index is 12.9. The van der Waals surface area contributed by atoms with Crippen molar-refractivity contribution < 1.29 is 13.6 Å². The SMILES string of the molecule is CC(C)(C)NC(=O)CCNCc1ccc(F)c(F)c1. The first kappa shape index (κ1) is 15.6. The van der Waals surface area contributed by atoms with Gasteiger partial charge in [0.2, 0.25) is 5.91 Å². The first-order valence-electron chi connectivity index (χ1n) is 6.23. The summed E-state index contributed by atoms with van der Waals surface area (Å²) in [6.45, 7) is 6.64. The normalized spacial score (nSPS) is 11.4.